The molecule has 0 spiro atoms. The van der Waals surface area contributed by atoms with Crippen molar-refractivity contribution in [2.75, 3.05) is 20.7 Å². The van der Waals surface area contributed by atoms with Crippen molar-refractivity contribution < 1.29 is 14.3 Å². The van der Waals surface area contributed by atoms with Gasteiger partial charge in [-0.3, -0.25) is 4.79 Å². The number of rotatable bonds is 6. The van der Waals surface area contributed by atoms with E-state index in [1.54, 1.807) is 14.2 Å². The van der Waals surface area contributed by atoms with Gasteiger partial charge in [0.2, 0.25) is 0 Å². The zero-order valence-corrected chi connectivity index (χ0v) is 19.7. The number of ether oxygens (including phenoxy) is 1. The van der Waals surface area contributed by atoms with E-state index in [1.807, 2.05) is 44.2 Å². The standard InChI is InChI=1S/C25H32N4O3/c1-16(2)26-25(31)28(5)15-24(30)29-22(20-9-7-8-10-23(20)32-6)14-21(27-29)19-12-11-17(3)18(4)13-19/h7-13,16,22H,14-15H2,1-6H3,(H,26,31). The van der Waals surface area contributed by atoms with Crippen LogP contribution in [0.25, 0.3) is 0 Å². The minimum atomic E-state index is -0.309. The number of amides is 3. The van der Waals surface area contributed by atoms with Gasteiger partial charge < -0.3 is 15.0 Å². The monoisotopic (exact) mass is 436 g/mol. The molecule has 2 aromatic carbocycles. The molecule has 0 saturated carbocycles. The van der Waals surface area contributed by atoms with Gasteiger partial charge in [0, 0.05) is 25.1 Å². The van der Waals surface area contributed by atoms with Gasteiger partial charge in [0.25, 0.3) is 5.91 Å². The number of methoxy groups -OCH3 is 1. The number of para-hydroxylation sites is 1. The highest BCUT2D eigenvalue weighted by molar-refractivity contribution is 6.03. The third-order valence-corrected chi connectivity index (χ3v) is 5.64. The van der Waals surface area contributed by atoms with Gasteiger partial charge in [-0.05, 0) is 56.5 Å². The first-order valence-electron chi connectivity index (χ1n) is 10.8. The smallest absolute Gasteiger partial charge is 0.317 e. The minimum Gasteiger partial charge on any atom is -0.496 e. The van der Waals surface area contributed by atoms with E-state index in [0.29, 0.717) is 12.2 Å². The molecular formula is C25H32N4O3. The fourth-order valence-electron chi connectivity index (χ4n) is 3.72. The Bertz CT molecular complexity index is 1030. The van der Waals surface area contributed by atoms with Crippen LogP contribution in [-0.2, 0) is 4.79 Å². The second kappa shape index (κ2) is 9.85. The maximum Gasteiger partial charge on any atom is 0.317 e. The first-order valence-corrected chi connectivity index (χ1v) is 10.8. The quantitative estimate of drug-likeness (QED) is 0.743. The van der Waals surface area contributed by atoms with Crippen LogP contribution in [0, 0.1) is 13.8 Å². The number of hydrogen-bond acceptors (Lipinski definition) is 4. The van der Waals surface area contributed by atoms with Crippen molar-refractivity contribution in [1.82, 2.24) is 15.2 Å². The lowest BCUT2D eigenvalue weighted by atomic mass is 9.96. The fourth-order valence-corrected chi connectivity index (χ4v) is 3.72. The molecule has 1 N–H and O–H groups in total. The summed E-state index contributed by atoms with van der Waals surface area (Å²) in [5.74, 6) is 0.457. The van der Waals surface area contributed by atoms with E-state index in [9.17, 15) is 9.59 Å². The largest absolute Gasteiger partial charge is 0.496 e. The molecule has 1 heterocycles. The van der Waals surface area contributed by atoms with Crippen molar-refractivity contribution in [2.24, 2.45) is 5.10 Å². The van der Waals surface area contributed by atoms with Gasteiger partial charge in [0.15, 0.2) is 0 Å². The molecule has 0 fully saturated rings. The van der Waals surface area contributed by atoms with Crippen molar-refractivity contribution >= 4 is 17.6 Å². The summed E-state index contributed by atoms with van der Waals surface area (Å²) in [5.41, 5.74) is 5.11. The Kier molecular flexibility index (Phi) is 7.18. The molecule has 0 saturated heterocycles. The number of hydrogen-bond donors (Lipinski definition) is 1. The van der Waals surface area contributed by atoms with Crippen LogP contribution in [0.4, 0.5) is 4.79 Å². The van der Waals surface area contributed by atoms with Gasteiger partial charge >= 0.3 is 6.03 Å². The molecule has 7 nitrogen and oxygen atoms in total. The minimum absolute atomic E-state index is 0.0115. The average Bonchev–Trinajstić information content (AvgIpc) is 3.20. The number of nitrogens with one attached hydrogen (secondary N) is 1. The number of aryl methyl sites for hydroxylation is 2. The summed E-state index contributed by atoms with van der Waals surface area (Å²) in [7, 11) is 3.23. The molecule has 7 heteroatoms. The molecule has 32 heavy (non-hydrogen) atoms. The molecule has 1 atom stereocenters. The maximum absolute atomic E-state index is 13.3. The Hall–Kier alpha value is -3.35. The van der Waals surface area contributed by atoms with Crippen molar-refractivity contribution in [3.05, 3.63) is 64.7 Å². The number of nitrogens with zero attached hydrogens (tertiary/aromatic N) is 3. The van der Waals surface area contributed by atoms with E-state index in [0.717, 1.165) is 16.8 Å². The summed E-state index contributed by atoms with van der Waals surface area (Å²) in [4.78, 5) is 27.0. The number of hydrazone groups is 1. The van der Waals surface area contributed by atoms with E-state index < -0.39 is 0 Å². The molecule has 0 aliphatic carbocycles. The second-order valence-corrected chi connectivity index (χ2v) is 8.51. The molecule has 3 rings (SSSR count). The van der Waals surface area contributed by atoms with Gasteiger partial charge in [-0.15, -0.1) is 0 Å². The predicted octanol–water partition coefficient (Wildman–Crippen LogP) is 4.04. The Morgan fingerprint density at radius 1 is 1.19 bits per heavy atom. The fraction of sp³-hybridized carbons (Fsp3) is 0.400. The van der Waals surface area contributed by atoms with Gasteiger partial charge in [0.1, 0.15) is 12.3 Å². The Morgan fingerprint density at radius 3 is 2.56 bits per heavy atom. The zero-order chi connectivity index (χ0) is 23.4. The highest BCUT2D eigenvalue weighted by Crippen LogP contribution is 2.37. The van der Waals surface area contributed by atoms with Gasteiger partial charge in [0.05, 0.1) is 18.9 Å². The number of urea groups is 1. The van der Waals surface area contributed by atoms with Crippen LogP contribution in [0.1, 0.15) is 48.6 Å². The summed E-state index contributed by atoms with van der Waals surface area (Å²) in [6.45, 7) is 7.82. The maximum atomic E-state index is 13.3. The van der Waals surface area contributed by atoms with Gasteiger partial charge in [-0.2, -0.15) is 5.10 Å². The summed E-state index contributed by atoms with van der Waals surface area (Å²) >= 11 is 0. The second-order valence-electron chi connectivity index (χ2n) is 8.51. The molecule has 0 aromatic heterocycles. The van der Waals surface area contributed by atoms with Crippen LogP contribution in [0.5, 0.6) is 5.75 Å². The SMILES string of the molecule is COc1ccccc1C1CC(c2ccc(C)c(C)c2)=NN1C(=O)CN(C)C(=O)NC(C)C. The van der Waals surface area contributed by atoms with Crippen LogP contribution in [0.3, 0.4) is 0 Å². The summed E-state index contributed by atoms with van der Waals surface area (Å²) in [6, 6.07) is 13.3. The molecule has 1 aliphatic rings. The zero-order valence-electron chi connectivity index (χ0n) is 19.7. The molecule has 1 aliphatic heterocycles. The lowest BCUT2D eigenvalue weighted by Crippen LogP contribution is -2.45. The number of carbonyl (C=O) groups is 2. The van der Waals surface area contributed by atoms with Crippen LogP contribution >= 0.6 is 0 Å². The first-order chi connectivity index (χ1) is 15.2. The summed E-state index contributed by atoms with van der Waals surface area (Å²) in [5, 5.41) is 9.03. The third-order valence-electron chi connectivity index (χ3n) is 5.64. The van der Waals surface area contributed by atoms with Crippen LogP contribution in [0.2, 0.25) is 0 Å². The third kappa shape index (κ3) is 5.10. The molecule has 0 bridgehead atoms. The van der Waals surface area contributed by atoms with Crippen LogP contribution < -0.4 is 10.1 Å². The van der Waals surface area contributed by atoms with Gasteiger partial charge in [-0.25, -0.2) is 9.80 Å². The topological polar surface area (TPSA) is 74.2 Å². The van der Waals surface area contributed by atoms with Gasteiger partial charge in [-0.1, -0.05) is 30.3 Å². The average molecular weight is 437 g/mol. The van der Waals surface area contributed by atoms with Crippen molar-refractivity contribution in [3.8, 4) is 5.75 Å². The van der Waals surface area contributed by atoms with E-state index in [-0.39, 0.29) is 30.6 Å². The lowest BCUT2D eigenvalue weighted by molar-refractivity contribution is -0.133. The first kappa shape index (κ1) is 23.3. The van der Waals surface area contributed by atoms with E-state index in [1.165, 1.54) is 21.0 Å². The Morgan fingerprint density at radius 2 is 1.91 bits per heavy atom. The van der Waals surface area contributed by atoms with Crippen molar-refractivity contribution in [1.29, 1.82) is 0 Å². The van der Waals surface area contributed by atoms with Crippen LogP contribution in [0.15, 0.2) is 47.6 Å². The van der Waals surface area contributed by atoms with E-state index in [2.05, 4.69) is 31.3 Å². The molecule has 2 aromatic rings. The lowest BCUT2D eigenvalue weighted by Gasteiger charge is -2.26. The van der Waals surface area contributed by atoms with E-state index in [4.69, 9.17) is 9.84 Å². The highest BCUT2D eigenvalue weighted by atomic mass is 16.5. The molecular weight excluding hydrogens is 404 g/mol. The Labute approximate surface area is 190 Å². The van der Waals surface area contributed by atoms with E-state index >= 15 is 0 Å². The molecule has 170 valence electrons. The summed E-state index contributed by atoms with van der Waals surface area (Å²) in [6.07, 6.45) is 0.566. The molecule has 1 unspecified atom stereocenters. The van der Waals surface area contributed by atoms with Crippen molar-refractivity contribution in [2.45, 2.75) is 46.2 Å². The predicted molar refractivity (Wildman–Crippen MR) is 126 cm³/mol. The molecule has 0 radical (unpaired) electrons. The molecule has 3 amide bonds. The number of benzene rings is 2. The number of likely N-dealkylation sites (N-methyl/N-ethyl adjacent to an activating group) is 1. The number of carbonyl (C=O) groups excluding carboxylic acids is 2. The summed E-state index contributed by atoms with van der Waals surface area (Å²) < 4.78 is 5.56. The van der Waals surface area contributed by atoms with Crippen molar-refractivity contribution in [3.63, 3.8) is 0 Å². The normalized spacial score (nSPS) is 15.5. The van der Waals surface area contributed by atoms with Crippen LogP contribution in [-0.4, -0.2) is 54.3 Å². The Balaban J connectivity index is 1.93. The highest BCUT2D eigenvalue weighted by Gasteiger charge is 2.35.